The van der Waals surface area contributed by atoms with Crippen LogP contribution in [0.5, 0.6) is 0 Å². The monoisotopic (exact) mass is 211 g/mol. The Morgan fingerprint density at radius 2 is 1.69 bits per heavy atom. The van der Waals surface area contributed by atoms with Crippen molar-refractivity contribution in [2.24, 2.45) is 4.99 Å². The smallest absolute Gasteiger partial charge is 0.173 e. The highest BCUT2D eigenvalue weighted by molar-refractivity contribution is 6.38. The van der Waals surface area contributed by atoms with Crippen LogP contribution in [0.2, 0.25) is 0 Å². The topological polar surface area (TPSA) is 29.4 Å². The van der Waals surface area contributed by atoms with Gasteiger partial charge in [-0.15, -0.1) is 0 Å². The molecule has 2 heteroatoms. The highest BCUT2D eigenvalue weighted by Crippen LogP contribution is 2.25. The summed E-state index contributed by atoms with van der Waals surface area (Å²) >= 11 is 0. The van der Waals surface area contributed by atoms with E-state index in [2.05, 4.69) is 4.99 Å². The van der Waals surface area contributed by atoms with Gasteiger partial charge in [0.15, 0.2) is 5.78 Å². The Kier molecular flexibility index (Phi) is 2.82. The summed E-state index contributed by atoms with van der Waals surface area (Å²) in [5.41, 5.74) is 1.39. The largest absolute Gasteiger partial charge is 0.293 e. The molecular weight excluding hydrogens is 198 g/mol. The van der Waals surface area contributed by atoms with Crippen molar-refractivity contribution in [3.63, 3.8) is 0 Å². The van der Waals surface area contributed by atoms with Crippen LogP contribution in [0.1, 0.15) is 13.8 Å². The molecule has 0 atom stereocenters. The first-order chi connectivity index (χ1) is 7.68. The van der Waals surface area contributed by atoms with Crippen molar-refractivity contribution in [1.82, 2.24) is 0 Å². The average molecular weight is 211 g/mol. The average Bonchev–Trinajstić information content (AvgIpc) is 2.29. The molecular formula is C14H13NO. The van der Waals surface area contributed by atoms with E-state index in [4.69, 9.17) is 0 Å². The number of fused-ring (bicyclic) bond motifs is 1. The van der Waals surface area contributed by atoms with Crippen molar-refractivity contribution in [2.75, 3.05) is 0 Å². The number of aliphatic imine (C=N–C) groups is 1. The fourth-order valence-corrected chi connectivity index (χ4v) is 1.57. The Bertz CT molecular complexity index is 564. The normalized spacial score (nSPS) is 11.8. The van der Waals surface area contributed by atoms with Crippen LogP contribution >= 0.6 is 0 Å². The first-order valence-corrected chi connectivity index (χ1v) is 5.22. The van der Waals surface area contributed by atoms with E-state index in [9.17, 15) is 4.79 Å². The molecule has 0 amide bonds. The van der Waals surface area contributed by atoms with E-state index >= 15 is 0 Å². The zero-order valence-electron chi connectivity index (χ0n) is 9.40. The van der Waals surface area contributed by atoms with Crippen LogP contribution in [-0.4, -0.2) is 11.5 Å². The quantitative estimate of drug-likeness (QED) is 0.699. The minimum atomic E-state index is 0.00735. The zero-order valence-corrected chi connectivity index (χ0v) is 9.40. The van der Waals surface area contributed by atoms with E-state index in [-0.39, 0.29) is 5.78 Å². The molecule has 2 nitrogen and oxygen atoms in total. The van der Waals surface area contributed by atoms with Gasteiger partial charge in [-0.25, -0.2) is 4.99 Å². The number of benzene rings is 2. The van der Waals surface area contributed by atoms with Gasteiger partial charge in [-0.3, -0.25) is 4.79 Å². The van der Waals surface area contributed by atoms with E-state index in [1.54, 1.807) is 6.92 Å². The first-order valence-electron chi connectivity index (χ1n) is 5.22. The maximum Gasteiger partial charge on any atom is 0.173 e. The fraction of sp³-hybridized carbons (Fsp3) is 0.143. The van der Waals surface area contributed by atoms with Crippen LogP contribution in [0.4, 0.5) is 5.69 Å². The Balaban J connectivity index is 2.61. The number of Topliss-reactive ketones (excluding diaryl/α,β-unsaturated/α-hetero) is 1. The van der Waals surface area contributed by atoms with Crippen LogP contribution in [0.25, 0.3) is 10.8 Å². The molecule has 0 bridgehead atoms. The predicted octanol–water partition coefficient (Wildman–Crippen LogP) is 3.52. The van der Waals surface area contributed by atoms with Crippen LogP contribution in [0.15, 0.2) is 47.5 Å². The maximum absolute atomic E-state index is 11.2. The number of ketones is 1. The summed E-state index contributed by atoms with van der Waals surface area (Å²) in [4.78, 5) is 15.5. The SMILES string of the molecule is CC(=O)/C(C)=N\c1cccc2ccccc12. The number of carbonyl (C=O) groups is 1. The third kappa shape index (κ3) is 2.01. The van der Waals surface area contributed by atoms with Crippen molar-refractivity contribution in [2.45, 2.75) is 13.8 Å². The van der Waals surface area contributed by atoms with Gasteiger partial charge in [0.2, 0.25) is 0 Å². The number of nitrogens with zero attached hydrogens (tertiary/aromatic N) is 1. The molecule has 0 saturated carbocycles. The van der Waals surface area contributed by atoms with E-state index in [1.807, 2.05) is 42.5 Å². The van der Waals surface area contributed by atoms with Crippen molar-refractivity contribution in [3.8, 4) is 0 Å². The lowest BCUT2D eigenvalue weighted by Gasteiger charge is -2.02. The summed E-state index contributed by atoms with van der Waals surface area (Å²) in [6.07, 6.45) is 0. The molecule has 0 heterocycles. The first kappa shape index (κ1) is 10.6. The van der Waals surface area contributed by atoms with Crippen LogP contribution in [-0.2, 0) is 4.79 Å². The summed E-state index contributed by atoms with van der Waals surface area (Å²) < 4.78 is 0. The molecule has 0 aliphatic carbocycles. The minimum Gasteiger partial charge on any atom is -0.293 e. The molecule has 2 rings (SSSR count). The maximum atomic E-state index is 11.2. The lowest BCUT2D eigenvalue weighted by atomic mass is 10.1. The van der Waals surface area contributed by atoms with Gasteiger partial charge in [0.25, 0.3) is 0 Å². The van der Waals surface area contributed by atoms with Crippen molar-refractivity contribution < 1.29 is 4.79 Å². The predicted molar refractivity (Wildman–Crippen MR) is 67.4 cm³/mol. The molecule has 2 aromatic carbocycles. The lowest BCUT2D eigenvalue weighted by molar-refractivity contribution is -0.111. The molecule has 0 fully saturated rings. The number of hydrogen-bond donors (Lipinski definition) is 0. The Hall–Kier alpha value is -1.96. The van der Waals surface area contributed by atoms with Gasteiger partial charge in [-0.2, -0.15) is 0 Å². The Morgan fingerprint density at radius 1 is 1.00 bits per heavy atom. The van der Waals surface area contributed by atoms with Crippen molar-refractivity contribution in [1.29, 1.82) is 0 Å². The molecule has 0 aliphatic heterocycles. The minimum absolute atomic E-state index is 0.00735. The van der Waals surface area contributed by atoms with Gasteiger partial charge in [-0.05, 0) is 18.4 Å². The van der Waals surface area contributed by atoms with Gasteiger partial charge in [-0.1, -0.05) is 36.4 Å². The van der Waals surface area contributed by atoms with Crippen LogP contribution < -0.4 is 0 Å². The molecule has 16 heavy (non-hydrogen) atoms. The second-order valence-corrected chi connectivity index (χ2v) is 3.75. The molecule has 2 aromatic rings. The molecule has 0 aromatic heterocycles. The highest BCUT2D eigenvalue weighted by Gasteiger charge is 2.01. The second kappa shape index (κ2) is 4.27. The third-order valence-corrected chi connectivity index (χ3v) is 2.56. The van der Waals surface area contributed by atoms with E-state index in [0.717, 1.165) is 16.5 Å². The van der Waals surface area contributed by atoms with Gasteiger partial charge in [0.05, 0.1) is 11.4 Å². The number of carbonyl (C=O) groups excluding carboxylic acids is 1. The summed E-state index contributed by atoms with van der Waals surface area (Å²) in [6.45, 7) is 3.27. The lowest BCUT2D eigenvalue weighted by Crippen LogP contribution is -2.03. The third-order valence-electron chi connectivity index (χ3n) is 2.56. The number of rotatable bonds is 2. The van der Waals surface area contributed by atoms with Crippen LogP contribution in [0.3, 0.4) is 0 Å². The zero-order chi connectivity index (χ0) is 11.5. The standard InChI is InChI=1S/C14H13NO/c1-10(11(2)16)15-14-9-5-7-12-6-3-4-8-13(12)14/h3-9H,1-2H3/b15-10-. The molecule has 0 saturated heterocycles. The molecule has 0 aliphatic rings. The summed E-state index contributed by atoms with van der Waals surface area (Å²) in [7, 11) is 0. The van der Waals surface area contributed by atoms with Gasteiger partial charge >= 0.3 is 0 Å². The molecule has 0 unspecified atom stereocenters. The van der Waals surface area contributed by atoms with Gasteiger partial charge in [0, 0.05) is 12.3 Å². The Morgan fingerprint density at radius 3 is 2.44 bits per heavy atom. The highest BCUT2D eigenvalue weighted by atomic mass is 16.1. The van der Waals surface area contributed by atoms with E-state index in [0.29, 0.717) is 5.71 Å². The second-order valence-electron chi connectivity index (χ2n) is 3.75. The van der Waals surface area contributed by atoms with Crippen molar-refractivity contribution >= 4 is 28.0 Å². The fourth-order valence-electron chi connectivity index (χ4n) is 1.57. The number of hydrogen-bond acceptors (Lipinski definition) is 2. The van der Waals surface area contributed by atoms with Gasteiger partial charge in [0.1, 0.15) is 0 Å². The van der Waals surface area contributed by atoms with Crippen molar-refractivity contribution in [3.05, 3.63) is 42.5 Å². The van der Waals surface area contributed by atoms with Gasteiger partial charge < -0.3 is 0 Å². The summed E-state index contributed by atoms with van der Waals surface area (Å²) in [6, 6.07) is 13.9. The van der Waals surface area contributed by atoms with E-state index in [1.165, 1.54) is 6.92 Å². The Labute approximate surface area is 94.6 Å². The molecule has 0 N–H and O–H groups in total. The van der Waals surface area contributed by atoms with E-state index < -0.39 is 0 Å². The summed E-state index contributed by atoms with van der Waals surface area (Å²) in [5, 5.41) is 2.21. The molecule has 0 spiro atoms. The summed E-state index contributed by atoms with van der Waals surface area (Å²) in [5.74, 6) is 0.00735. The molecule has 80 valence electrons. The molecule has 0 radical (unpaired) electrons. The van der Waals surface area contributed by atoms with Crippen LogP contribution in [0, 0.1) is 0 Å².